The Bertz CT molecular complexity index is 1620. The molecule has 2 aliphatic rings. The lowest BCUT2D eigenvalue weighted by molar-refractivity contribution is -0.124. The van der Waals surface area contributed by atoms with E-state index < -0.39 is 30.0 Å². The van der Waals surface area contributed by atoms with Gasteiger partial charge in [-0.05, 0) is 23.3 Å². The monoisotopic (exact) mass is 519 g/mol. The first-order chi connectivity index (χ1) is 18.2. The number of ether oxygens (including phenoxy) is 1. The number of hydrogen-bond donors (Lipinski definition) is 2. The van der Waals surface area contributed by atoms with E-state index in [0.717, 1.165) is 5.56 Å². The SMILES string of the molecule is Cn1cnc2c(-c3ccc(C4(CN5Cc6ccc(OC(F)F)cc6C5=O)NC(=O)NC4=O)cc3)ncnc21. The van der Waals surface area contributed by atoms with E-state index in [1.807, 2.05) is 7.05 Å². The number of halogens is 2. The maximum absolute atomic E-state index is 13.2. The number of alkyl halides is 2. The molecule has 4 heterocycles. The van der Waals surface area contributed by atoms with Crippen molar-refractivity contribution in [2.24, 2.45) is 7.05 Å². The van der Waals surface area contributed by atoms with Gasteiger partial charge in [-0.2, -0.15) is 8.78 Å². The molecule has 0 radical (unpaired) electrons. The number of amides is 4. The summed E-state index contributed by atoms with van der Waals surface area (Å²) in [5.41, 5.74) is 2.26. The second kappa shape index (κ2) is 8.57. The lowest BCUT2D eigenvalue weighted by Crippen LogP contribution is -2.52. The van der Waals surface area contributed by atoms with Gasteiger partial charge in [0.2, 0.25) is 0 Å². The maximum Gasteiger partial charge on any atom is 0.387 e. The van der Waals surface area contributed by atoms with Crippen molar-refractivity contribution in [1.82, 2.24) is 35.1 Å². The molecule has 2 aromatic heterocycles. The van der Waals surface area contributed by atoms with Gasteiger partial charge in [-0.15, -0.1) is 0 Å². The summed E-state index contributed by atoms with van der Waals surface area (Å²) in [5, 5.41) is 4.94. The van der Waals surface area contributed by atoms with E-state index >= 15 is 0 Å². The summed E-state index contributed by atoms with van der Waals surface area (Å²) in [6, 6.07) is 10.3. The number of fused-ring (bicyclic) bond motifs is 2. The largest absolute Gasteiger partial charge is 0.435 e. The van der Waals surface area contributed by atoms with E-state index in [1.54, 1.807) is 35.2 Å². The van der Waals surface area contributed by atoms with Crippen LogP contribution in [0.15, 0.2) is 55.1 Å². The van der Waals surface area contributed by atoms with E-state index in [2.05, 4.69) is 30.3 Å². The Hall–Kier alpha value is -4.94. The van der Waals surface area contributed by atoms with Crippen molar-refractivity contribution in [2.45, 2.75) is 18.7 Å². The Morgan fingerprint density at radius 2 is 1.87 bits per heavy atom. The van der Waals surface area contributed by atoms with Crippen molar-refractivity contribution in [1.29, 1.82) is 0 Å². The number of nitrogens with one attached hydrogen (secondary N) is 2. The number of rotatable bonds is 6. The third-order valence-corrected chi connectivity index (χ3v) is 6.70. The summed E-state index contributed by atoms with van der Waals surface area (Å²) in [7, 11) is 1.82. The summed E-state index contributed by atoms with van der Waals surface area (Å²) in [5.74, 6) is -1.23. The number of carbonyl (C=O) groups excluding carboxylic acids is 3. The summed E-state index contributed by atoms with van der Waals surface area (Å²) in [6.45, 7) is -3.08. The van der Waals surface area contributed by atoms with Crippen molar-refractivity contribution < 1.29 is 27.9 Å². The van der Waals surface area contributed by atoms with E-state index in [4.69, 9.17) is 0 Å². The lowest BCUT2D eigenvalue weighted by Gasteiger charge is -2.31. The number of carbonyl (C=O) groups is 3. The molecule has 0 spiro atoms. The average molecular weight is 519 g/mol. The molecule has 6 rings (SSSR count). The Kier molecular flexibility index (Phi) is 5.29. The summed E-state index contributed by atoms with van der Waals surface area (Å²) >= 11 is 0. The van der Waals surface area contributed by atoms with Crippen molar-refractivity contribution >= 4 is 29.0 Å². The quantitative estimate of drug-likeness (QED) is 0.374. The third-order valence-electron chi connectivity index (χ3n) is 6.70. The van der Waals surface area contributed by atoms with Crippen molar-refractivity contribution in [3.63, 3.8) is 0 Å². The van der Waals surface area contributed by atoms with Gasteiger partial charge in [0.25, 0.3) is 11.8 Å². The zero-order valence-corrected chi connectivity index (χ0v) is 19.8. The molecule has 192 valence electrons. The van der Waals surface area contributed by atoms with Crippen LogP contribution in [-0.2, 0) is 23.9 Å². The molecule has 0 aliphatic carbocycles. The smallest absolute Gasteiger partial charge is 0.387 e. The van der Waals surface area contributed by atoms with Crippen LogP contribution in [0.25, 0.3) is 22.4 Å². The van der Waals surface area contributed by atoms with Crippen molar-refractivity contribution in [2.75, 3.05) is 6.54 Å². The van der Waals surface area contributed by atoms with Crippen molar-refractivity contribution in [3.05, 3.63) is 71.8 Å². The standard InChI is InChI=1S/C25H19F2N7O4/c1-33-12-30-19-18(28-11-29-20(19)33)13-2-5-15(6-3-13)25(22(36)31-24(37)32-25)10-34-9-14-4-7-16(38-23(26)27)8-17(14)21(34)35/h2-8,11-12,23H,9-10H2,1H3,(H2,31,32,36,37). The van der Waals surface area contributed by atoms with Gasteiger partial charge in [0.15, 0.2) is 11.2 Å². The highest BCUT2D eigenvalue weighted by atomic mass is 19.3. The normalized spacial score (nSPS) is 18.7. The van der Waals surface area contributed by atoms with Crippen LogP contribution in [0, 0.1) is 0 Å². The van der Waals surface area contributed by atoms with Crippen LogP contribution < -0.4 is 15.4 Å². The van der Waals surface area contributed by atoms with Crippen LogP contribution in [0.5, 0.6) is 5.75 Å². The average Bonchev–Trinajstić information content (AvgIpc) is 3.52. The molecule has 4 amide bonds. The van der Waals surface area contributed by atoms with Gasteiger partial charge in [0, 0.05) is 24.7 Å². The third kappa shape index (κ3) is 3.70. The molecule has 1 atom stereocenters. The lowest BCUT2D eigenvalue weighted by atomic mass is 9.88. The summed E-state index contributed by atoms with van der Waals surface area (Å²) < 4.78 is 31.5. The van der Waals surface area contributed by atoms with Crippen LogP contribution >= 0.6 is 0 Å². The molecule has 13 heteroatoms. The molecule has 2 N–H and O–H groups in total. The van der Waals surface area contributed by atoms with Crippen LogP contribution in [0.3, 0.4) is 0 Å². The number of aromatic nitrogens is 4. The fourth-order valence-electron chi connectivity index (χ4n) is 4.90. The fraction of sp³-hybridized carbons (Fsp3) is 0.200. The second-order valence-corrected chi connectivity index (χ2v) is 9.00. The van der Waals surface area contributed by atoms with Crippen LogP contribution in [0.4, 0.5) is 13.6 Å². The number of aryl methyl sites for hydroxylation is 1. The van der Waals surface area contributed by atoms with E-state index in [1.165, 1.54) is 29.4 Å². The topological polar surface area (TPSA) is 131 Å². The van der Waals surface area contributed by atoms with E-state index in [9.17, 15) is 23.2 Å². The van der Waals surface area contributed by atoms with Gasteiger partial charge in [0.1, 0.15) is 23.3 Å². The van der Waals surface area contributed by atoms with Crippen LogP contribution in [0.2, 0.25) is 0 Å². The van der Waals surface area contributed by atoms with Gasteiger partial charge in [-0.3, -0.25) is 14.9 Å². The highest BCUT2D eigenvalue weighted by Crippen LogP contribution is 2.34. The molecule has 1 unspecified atom stereocenters. The van der Waals surface area contributed by atoms with Gasteiger partial charge in [-0.1, -0.05) is 30.3 Å². The molecule has 2 aromatic carbocycles. The summed E-state index contributed by atoms with van der Waals surface area (Å²) in [4.78, 5) is 52.9. The Labute approximate surface area is 213 Å². The Morgan fingerprint density at radius 1 is 1.08 bits per heavy atom. The van der Waals surface area contributed by atoms with E-state index in [-0.39, 0.29) is 24.4 Å². The molecule has 2 aliphatic heterocycles. The molecule has 1 saturated heterocycles. The number of nitrogens with zero attached hydrogens (tertiary/aromatic N) is 5. The predicted molar refractivity (Wildman–Crippen MR) is 128 cm³/mol. The molecular formula is C25H19F2N7O4. The number of benzene rings is 2. The van der Waals surface area contributed by atoms with Gasteiger partial charge in [-0.25, -0.2) is 19.7 Å². The molecule has 1 fully saturated rings. The molecule has 0 bridgehead atoms. The minimum atomic E-state index is -3.03. The highest BCUT2D eigenvalue weighted by Gasteiger charge is 2.50. The minimum Gasteiger partial charge on any atom is -0.435 e. The number of urea groups is 1. The van der Waals surface area contributed by atoms with Gasteiger partial charge >= 0.3 is 12.6 Å². The van der Waals surface area contributed by atoms with Gasteiger partial charge in [0.05, 0.1) is 12.9 Å². The maximum atomic E-state index is 13.2. The number of imidazole rings is 1. The molecule has 4 aromatic rings. The molecule has 11 nitrogen and oxygen atoms in total. The molecule has 0 saturated carbocycles. The first-order valence-electron chi connectivity index (χ1n) is 11.5. The number of imide groups is 1. The van der Waals surface area contributed by atoms with Gasteiger partial charge < -0.3 is 19.5 Å². The van der Waals surface area contributed by atoms with Crippen LogP contribution in [-0.4, -0.2) is 55.4 Å². The first kappa shape index (κ1) is 23.5. The van der Waals surface area contributed by atoms with E-state index in [0.29, 0.717) is 28.0 Å². The minimum absolute atomic E-state index is 0.130. The van der Waals surface area contributed by atoms with Crippen molar-refractivity contribution in [3.8, 4) is 17.0 Å². The zero-order valence-electron chi connectivity index (χ0n) is 19.8. The first-order valence-corrected chi connectivity index (χ1v) is 11.5. The predicted octanol–water partition coefficient (Wildman–Crippen LogP) is 2.32. The fourth-order valence-corrected chi connectivity index (χ4v) is 4.90. The summed E-state index contributed by atoms with van der Waals surface area (Å²) in [6.07, 6.45) is 3.08. The Balaban J connectivity index is 1.33. The second-order valence-electron chi connectivity index (χ2n) is 9.00. The molecular weight excluding hydrogens is 500 g/mol. The highest BCUT2D eigenvalue weighted by molar-refractivity contribution is 6.08. The van der Waals surface area contributed by atoms with Crippen LogP contribution in [0.1, 0.15) is 21.5 Å². The molecule has 38 heavy (non-hydrogen) atoms. The number of hydrogen-bond acceptors (Lipinski definition) is 7. The Morgan fingerprint density at radius 3 is 2.58 bits per heavy atom. The zero-order chi connectivity index (χ0) is 26.6.